The third-order valence-electron chi connectivity index (χ3n) is 7.29. The van der Waals surface area contributed by atoms with Gasteiger partial charge in [0.2, 0.25) is 0 Å². The molecule has 1 N–H and O–H groups in total. The number of carbonyl (C=O) groups is 1. The number of morpholine rings is 1. The minimum absolute atomic E-state index is 0.101. The van der Waals surface area contributed by atoms with Crippen LogP contribution in [0, 0.1) is 5.92 Å². The molecule has 1 atom stereocenters. The van der Waals surface area contributed by atoms with E-state index in [1.54, 1.807) is 0 Å². The zero-order chi connectivity index (χ0) is 21.5. The number of nitrogens with zero attached hydrogens (tertiary/aromatic N) is 2. The molecule has 5 heterocycles. The number of rotatable bonds is 4. The zero-order valence-electron chi connectivity index (χ0n) is 18.3. The van der Waals surface area contributed by atoms with Crippen molar-refractivity contribution < 1.29 is 13.9 Å². The maximum absolute atomic E-state index is 12.9. The van der Waals surface area contributed by atoms with Crippen molar-refractivity contribution in [1.82, 2.24) is 10.2 Å². The van der Waals surface area contributed by atoms with Gasteiger partial charge < -0.3 is 24.3 Å². The summed E-state index contributed by atoms with van der Waals surface area (Å²) >= 11 is 0. The van der Waals surface area contributed by atoms with Crippen LogP contribution in [0.25, 0.3) is 22.1 Å². The number of piperidine rings is 3. The molecule has 32 heavy (non-hydrogen) atoms. The van der Waals surface area contributed by atoms with Gasteiger partial charge >= 0.3 is 0 Å². The number of ether oxygens (including phenoxy) is 1. The van der Waals surface area contributed by atoms with E-state index < -0.39 is 0 Å². The molecule has 4 fully saturated rings. The fraction of sp³-hybridized carbons (Fsp3) is 0.423. The lowest BCUT2D eigenvalue weighted by Gasteiger charge is -2.44. The number of fused-ring (bicyclic) bond motifs is 4. The Bertz CT molecular complexity index is 1110. The number of hydrogen-bond donors (Lipinski definition) is 1. The Morgan fingerprint density at radius 3 is 2.38 bits per heavy atom. The number of anilines is 1. The highest BCUT2D eigenvalue weighted by atomic mass is 16.5. The van der Waals surface area contributed by atoms with E-state index in [9.17, 15) is 4.79 Å². The minimum atomic E-state index is -0.101. The maximum atomic E-state index is 12.9. The number of carbonyl (C=O) groups excluding carboxylic acids is 1. The summed E-state index contributed by atoms with van der Waals surface area (Å²) in [6, 6.07) is 16.9. The van der Waals surface area contributed by atoms with Gasteiger partial charge in [-0.2, -0.15) is 0 Å². The van der Waals surface area contributed by atoms with Crippen molar-refractivity contribution >= 4 is 22.6 Å². The number of furan rings is 1. The molecule has 6 heteroatoms. The van der Waals surface area contributed by atoms with Crippen LogP contribution in [0.4, 0.5) is 5.69 Å². The molecule has 6 nitrogen and oxygen atoms in total. The van der Waals surface area contributed by atoms with Crippen molar-refractivity contribution in [2.24, 2.45) is 5.92 Å². The van der Waals surface area contributed by atoms with E-state index in [-0.39, 0.29) is 11.9 Å². The highest BCUT2D eigenvalue weighted by molar-refractivity contribution is 5.97. The predicted octanol–water partition coefficient (Wildman–Crippen LogP) is 3.76. The van der Waals surface area contributed by atoms with Crippen LogP contribution >= 0.6 is 0 Å². The molecule has 1 unspecified atom stereocenters. The van der Waals surface area contributed by atoms with Gasteiger partial charge in [-0.1, -0.05) is 18.2 Å². The lowest BCUT2D eigenvalue weighted by Crippen LogP contribution is -2.57. The molecule has 0 spiro atoms. The van der Waals surface area contributed by atoms with E-state index in [4.69, 9.17) is 9.15 Å². The first kappa shape index (κ1) is 19.8. The van der Waals surface area contributed by atoms with Crippen LogP contribution in [0.2, 0.25) is 0 Å². The molecule has 2 bridgehead atoms. The van der Waals surface area contributed by atoms with Crippen molar-refractivity contribution in [2.45, 2.75) is 18.9 Å². The molecule has 4 saturated heterocycles. The van der Waals surface area contributed by atoms with Crippen LogP contribution in [-0.4, -0.2) is 62.8 Å². The van der Waals surface area contributed by atoms with Crippen molar-refractivity contribution in [3.05, 3.63) is 54.3 Å². The van der Waals surface area contributed by atoms with Gasteiger partial charge in [0.25, 0.3) is 5.91 Å². The molecule has 3 aromatic rings. The molecule has 0 aliphatic carbocycles. The van der Waals surface area contributed by atoms with Gasteiger partial charge in [-0.25, -0.2) is 0 Å². The Morgan fingerprint density at radius 2 is 1.66 bits per heavy atom. The van der Waals surface area contributed by atoms with Gasteiger partial charge in [0.05, 0.1) is 13.2 Å². The van der Waals surface area contributed by atoms with E-state index in [1.165, 1.54) is 18.5 Å². The Labute approximate surface area is 188 Å². The molecule has 2 aromatic carbocycles. The van der Waals surface area contributed by atoms with Crippen LogP contribution in [0.5, 0.6) is 0 Å². The van der Waals surface area contributed by atoms with Crippen molar-refractivity contribution in [3.63, 3.8) is 0 Å². The summed E-state index contributed by atoms with van der Waals surface area (Å²) in [5, 5.41) is 4.18. The van der Waals surface area contributed by atoms with Crippen LogP contribution in [0.1, 0.15) is 23.4 Å². The van der Waals surface area contributed by atoms with E-state index in [0.717, 1.165) is 68.0 Å². The van der Waals surface area contributed by atoms with E-state index in [2.05, 4.69) is 51.5 Å². The summed E-state index contributed by atoms with van der Waals surface area (Å²) in [5.74, 6) is 0.896. The fourth-order valence-electron chi connectivity index (χ4n) is 5.39. The molecule has 1 aromatic heterocycles. The van der Waals surface area contributed by atoms with Gasteiger partial charge in [-0.3, -0.25) is 4.79 Å². The quantitative estimate of drug-likeness (QED) is 0.682. The first-order valence-electron chi connectivity index (χ1n) is 11.7. The van der Waals surface area contributed by atoms with Crippen molar-refractivity contribution in [2.75, 3.05) is 50.8 Å². The Hall–Kier alpha value is -2.83. The lowest BCUT2D eigenvalue weighted by atomic mass is 9.84. The molecule has 4 aliphatic rings. The van der Waals surface area contributed by atoms with E-state index in [0.29, 0.717) is 11.7 Å². The highest BCUT2D eigenvalue weighted by Gasteiger charge is 2.35. The Kier molecular flexibility index (Phi) is 5.12. The second-order valence-electron chi connectivity index (χ2n) is 9.23. The first-order chi connectivity index (χ1) is 15.7. The van der Waals surface area contributed by atoms with Crippen molar-refractivity contribution in [1.29, 1.82) is 0 Å². The summed E-state index contributed by atoms with van der Waals surface area (Å²) in [7, 11) is 0. The van der Waals surface area contributed by atoms with Gasteiger partial charge in [-0.05, 0) is 73.3 Å². The normalized spacial score (nSPS) is 25.2. The standard InChI is InChI=1S/C26H29N3O3/c30-26(27-23-17-28-9-7-19(23)8-10-28)25-16-21-15-20(3-6-24(21)32-25)18-1-4-22(5-2-18)29-11-13-31-14-12-29/h1-6,15-16,19,23H,7-14,17H2,(H,27,30). The van der Waals surface area contributed by atoms with Crippen LogP contribution in [-0.2, 0) is 4.74 Å². The second kappa shape index (κ2) is 8.26. The Balaban J connectivity index is 1.18. The van der Waals surface area contributed by atoms with Crippen LogP contribution in [0.3, 0.4) is 0 Å². The number of nitrogens with one attached hydrogen (secondary N) is 1. The third-order valence-corrected chi connectivity index (χ3v) is 7.29. The summed E-state index contributed by atoms with van der Waals surface area (Å²) in [6.45, 7) is 6.73. The van der Waals surface area contributed by atoms with E-state index in [1.807, 2.05) is 12.1 Å². The lowest BCUT2D eigenvalue weighted by molar-refractivity contribution is 0.0607. The average Bonchev–Trinajstić information content (AvgIpc) is 3.29. The van der Waals surface area contributed by atoms with Gasteiger partial charge in [0.1, 0.15) is 5.58 Å². The predicted molar refractivity (Wildman–Crippen MR) is 125 cm³/mol. The topological polar surface area (TPSA) is 58.0 Å². The maximum Gasteiger partial charge on any atom is 0.287 e. The SMILES string of the molecule is O=C(NC1CN2CCC1CC2)c1cc2cc(-c3ccc(N4CCOCC4)cc3)ccc2o1. The van der Waals surface area contributed by atoms with Gasteiger partial charge in [-0.15, -0.1) is 0 Å². The molecule has 1 amide bonds. The smallest absolute Gasteiger partial charge is 0.287 e. The number of benzene rings is 2. The highest BCUT2D eigenvalue weighted by Crippen LogP contribution is 2.30. The zero-order valence-corrected chi connectivity index (χ0v) is 18.3. The van der Waals surface area contributed by atoms with Crippen LogP contribution in [0.15, 0.2) is 52.9 Å². The summed E-state index contributed by atoms with van der Waals surface area (Å²) in [4.78, 5) is 17.7. The number of amides is 1. The summed E-state index contributed by atoms with van der Waals surface area (Å²) in [6.07, 6.45) is 2.36. The monoisotopic (exact) mass is 431 g/mol. The molecule has 0 saturated carbocycles. The average molecular weight is 432 g/mol. The van der Waals surface area contributed by atoms with Gasteiger partial charge in [0.15, 0.2) is 5.76 Å². The number of hydrogen-bond acceptors (Lipinski definition) is 5. The summed E-state index contributed by atoms with van der Waals surface area (Å²) < 4.78 is 11.3. The molecular formula is C26H29N3O3. The summed E-state index contributed by atoms with van der Waals surface area (Å²) in [5.41, 5.74) is 4.26. The molecule has 166 valence electrons. The molecular weight excluding hydrogens is 402 g/mol. The van der Waals surface area contributed by atoms with E-state index >= 15 is 0 Å². The molecule has 7 rings (SSSR count). The fourth-order valence-corrected chi connectivity index (χ4v) is 5.39. The third kappa shape index (κ3) is 3.78. The second-order valence-corrected chi connectivity index (χ2v) is 9.23. The van der Waals surface area contributed by atoms with Crippen molar-refractivity contribution in [3.8, 4) is 11.1 Å². The Morgan fingerprint density at radius 1 is 0.906 bits per heavy atom. The molecule has 0 radical (unpaired) electrons. The van der Waals surface area contributed by atoms with Crippen LogP contribution < -0.4 is 10.2 Å². The van der Waals surface area contributed by atoms with Gasteiger partial charge in [0, 0.05) is 36.7 Å². The first-order valence-corrected chi connectivity index (χ1v) is 11.7. The molecule has 4 aliphatic heterocycles. The minimum Gasteiger partial charge on any atom is -0.451 e. The largest absolute Gasteiger partial charge is 0.451 e.